The second-order valence-electron chi connectivity index (χ2n) is 3.46. The van der Waals surface area contributed by atoms with Crippen LogP contribution in [-0.2, 0) is 6.54 Å². The van der Waals surface area contributed by atoms with E-state index in [4.69, 9.17) is 10.0 Å². The Morgan fingerprint density at radius 3 is 2.75 bits per heavy atom. The average Bonchev–Trinajstić information content (AvgIpc) is 2.66. The van der Waals surface area contributed by atoms with Crippen LogP contribution in [0.5, 0.6) is 0 Å². The first kappa shape index (κ1) is 7.89. The first-order valence-corrected chi connectivity index (χ1v) is 4.27. The molecule has 12 heavy (non-hydrogen) atoms. The smallest absolute Gasteiger partial charge is 0.423 e. The van der Waals surface area contributed by atoms with Gasteiger partial charge < -0.3 is 14.6 Å². The van der Waals surface area contributed by atoms with Crippen LogP contribution in [0.25, 0.3) is 0 Å². The SMILES string of the molecule is OB(O)c1ccn(CC2CC2)c1. The number of rotatable bonds is 3. The first-order valence-electron chi connectivity index (χ1n) is 4.27. The van der Waals surface area contributed by atoms with Gasteiger partial charge in [0.15, 0.2) is 0 Å². The molecule has 0 unspecified atom stereocenters. The van der Waals surface area contributed by atoms with Crippen LogP contribution in [0.4, 0.5) is 0 Å². The molecule has 0 amide bonds. The maximum absolute atomic E-state index is 8.83. The van der Waals surface area contributed by atoms with Gasteiger partial charge in [0.05, 0.1) is 0 Å². The highest BCUT2D eigenvalue weighted by molar-refractivity contribution is 6.58. The lowest BCUT2D eigenvalue weighted by Gasteiger charge is -1.98. The normalized spacial score (nSPS) is 16.5. The minimum Gasteiger partial charge on any atom is -0.423 e. The number of hydrogen-bond acceptors (Lipinski definition) is 2. The summed E-state index contributed by atoms with van der Waals surface area (Å²) in [4.78, 5) is 0. The van der Waals surface area contributed by atoms with Gasteiger partial charge in [-0.1, -0.05) is 0 Å². The predicted octanol–water partition coefficient (Wildman–Crippen LogP) is -0.422. The fourth-order valence-corrected chi connectivity index (χ4v) is 1.32. The monoisotopic (exact) mass is 165 g/mol. The van der Waals surface area contributed by atoms with Crippen LogP contribution in [0.2, 0.25) is 0 Å². The lowest BCUT2D eigenvalue weighted by Crippen LogP contribution is -2.28. The molecule has 0 aliphatic heterocycles. The van der Waals surface area contributed by atoms with E-state index in [1.165, 1.54) is 12.8 Å². The fraction of sp³-hybridized carbons (Fsp3) is 0.500. The fourth-order valence-electron chi connectivity index (χ4n) is 1.32. The zero-order chi connectivity index (χ0) is 8.55. The first-order chi connectivity index (χ1) is 5.75. The Hall–Kier alpha value is -0.735. The van der Waals surface area contributed by atoms with E-state index in [-0.39, 0.29) is 0 Å². The van der Waals surface area contributed by atoms with E-state index in [2.05, 4.69) is 0 Å². The lowest BCUT2D eigenvalue weighted by atomic mass is 9.83. The van der Waals surface area contributed by atoms with Gasteiger partial charge in [0.2, 0.25) is 0 Å². The average molecular weight is 165 g/mol. The molecule has 1 aromatic heterocycles. The van der Waals surface area contributed by atoms with Gasteiger partial charge in [-0.05, 0) is 30.3 Å². The van der Waals surface area contributed by atoms with Crippen molar-refractivity contribution in [3.05, 3.63) is 18.5 Å². The van der Waals surface area contributed by atoms with Crippen LogP contribution in [0.15, 0.2) is 18.5 Å². The summed E-state index contributed by atoms with van der Waals surface area (Å²) < 4.78 is 2.02. The van der Waals surface area contributed by atoms with Crippen molar-refractivity contribution in [2.45, 2.75) is 19.4 Å². The van der Waals surface area contributed by atoms with Crippen LogP contribution < -0.4 is 5.46 Å². The molecule has 0 spiro atoms. The summed E-state index contributed by atoms with van der Waals surface area (Å²) in [5, 5.41) is 17.7. The van der Waals surface area contributed by atoms with E-state index in [0.717, 1.165) is 12.5 Å². The van der Waals surface area contributed by atoms with Crippen LogP contribution in [0.1, 0.15) is 12.8 Å². The molecule has 1 aliphatic carbocycles. The van der Waals surface area contributed by atoms with Crippen molar-refractivity contribution in [1.29, 1.82) is 0 Å². The Kier molecular flexibility index (Phi) is 1.94. The van der Waals surface area contributed by atoms with Crippen molar-refractivity contribution >= 4 is 12.6 Å². The molecule has 0 aromatic carbocycles. The van der Waals surface area contributed by atoms with E-state index in [1.54, 1.807) is 12.3 Å². The summed E-state index contributed by atoms with van der Waals surface area (Å²) in [6.45, 7) is 1.02. The molecule has 1 fully saturated rings. The molecule has 1 heterocycles. The molecule has 0 bridgehead atoms. The highest BCUT2D eigenvalue weighted by Gasteiger charge is 2.22. The molecular formula is C8H12BNO2. The van der Waals surface area contributed by atoms with Crippen molar-refractivity contribution < 1.29 is 10.0 Å². The maximum atomic E-state index is 8.83. The molecule has 4 heteroatoms. The zero-order valence-corrected chi connectivity index (χ0v) is 6.85. The van der Waals surface area contributed by atoms with Gasteiger partial charge in [-0.2, -0.15) is 0 Å². The van der Waals surface area contributed by atoms with Gasteiger partial charge in [-0.15, -0.1) is 0 Å². The standard InChI is InChI=1S/C8H12BNO2/c11-9(12)8-3-4-10(6-8)5-7-1-2-7/h3-4,6-7,11-12H,1-2,5H2. The quantitative estimate of drug-likeness (QED) is 0.597. The van der Waals surface area contributed by atoms with Crippen molar-refractivity contribution in [1.82, 2.24) is 4.57 Å². The molecule has 2 rings (SSSR count). The third-order valence-corrected chi connectivity index (χ3v) is 2.24. The van der Waals surface area contributed by atoms with Crippen LogP contribution in [0.3, 0.4) is 0 Å². The highest BCUT2D eigenvalue weighted by atomic mass is 16.4. The summed E-state index contributed by atoms with van der Waals surface area (Å²) in [6.07, 6.45) is 6.32. The summed E-state index contributed by atoms with van der Waals surface area (Å²) in [5.41, 5.74) is 0.579. The molecule has 0 radical (unpaired) electrons. The predicted molar refractivity (Wildman–Crippen MR) is 47.0 cm³/mol. The number of hydrogen-bond donors (Lipinski definition) is 2. The number of aromatic nitrogens is 1. The van der Waals surface area contributed by atoms with Crippen LogP contribution in [0, 0.1) is 5.92 Å². The Morgan fingerprint density at radius 2 is 2.25 bits per heavy atom. The molecule has 0 atom stereocenters. The number of nitrogens with zero attached hydrogens (tertiary/aromatic N) is 1. The van der Waals surface area contributed by atoms with Crippen molar-refractivity contribution in [2.75, 3.05) is 0 Å². The molecule has 0 saturated heterocycles. The van der Waals surface area contributed by atoms with Crippen molar-refractivity contribution in [3.63, 3.8) is 0 Å². The second kappa shape index (κ2) is 2.96. The summed E-state index contributed by atoms with van der Waals surface area (Å²) >= 11 is 0. The largest absolute Gasteiger partial charge is 0.489 e. The Bertz CT molecular complexity index is 268. The molecule has 1 aromatic rings. The maximum Gasteiger partial charge on any atom is 0.489 e. The highest BCUT2D eigenvalue weighted by Crippen LogP contribution is 2.30. The van der Waals surface area contributed by atoms with E-state index < -0.39 is 7.12 Å². The van der Waals surface area contributed by atoms with Gasteiger partial charge in [-0.25, -0.2) is 0 Å². The molecule has 2 N–H and O–H groups in total. The van der Waals surface area contributed by atoms with E-state index in [1.807, 2.05) is 10.8 Å². The zero-order valence-electron chi connectivity index (χ0n) is 6.85. The molecule has 1 aliphatic rings. The Labute approximate surface area is 71.8 Å². The minimum atomic E-state index is -1.33. The third kappa shape index (κ3) is 1.71. The van der Waals surface area contributed by atoms with Gasteiger partial charge in [0.1, 0.15) is 0 Å². The van der Waals surface area contributed by atoms with E-state index >= 15 is 0 Å². The Morgan fingerprint density at radius 1 is 1.50 bits per heavy atom. The van der Waals surface area contributed by atoms with Gasteiger partial charge in [-0.3, -0.25) is 0 Å². The summed E-state index contributed by atoms with van der Waals surface area (Å²) in [6, 6.07) is 1.74. The van der Waals surface area contributed by atoms with Gasteiger partial charge in [0, 0.05) is 18.9 Å². The van der Waals surface area contributed by atoms with Crippen LogP contribution in [-0.4, -0.2) is 21.7 Å². The lowest BCUT2D eigenvalue weighted by molar-refractivity contribution is 0.425. The van der Waals surface area contributed by atoms with Gasteiger partial charge in [0.25, 0.3) is 0 Å². The van der Waals surface area contributed by atoms with Crippen LogP contribution >= 0.6 is 0 Å². The minimum absolute atomic E-state index is 0.579. The molecule has 3 nitrogen and oxygen atoms in total. The third-order valence-electron chi connectivity index (χ3n) is 2.24. The molecular weight excluding hydrogens is 153 g/mol. The second-order valence-corrected chi connectivity index (χ2v) is 3.46. The summed E-state index contributed by atoms with van der Waals surface area (Å²) in [7, 11) is -1.33. The van der Waals surface area contributed by atoms with Crippen molar-refractivity contribution in [2.24, 2.45) is 5.92 Å². The van der Waals surface area contributed by atoms with E-state index in [9.17, 15) is 0 Å². The van der Waals surface area contributed by atoms with E-state index in [0.29, 0.717) is 5.46 Å². The molecule has 1 saturated carbocycles. The molecule has 64 valence electrons. The summed E-state index contributed by atoms with van der Waals surface area (Å²) in [5.74, 6) is 0.820. The Balaban J connectivity index is 2.02. The van der Waals surface area contributed by atoms with Crippen molar-refractivity contribution in [3.8, 4) is 0 Å². The topological polar surface area (TPSA) is 45.4 Å². The van der Waals surface area contributed by atoms with Gasteiger partial charge >= 0.3 is 7.12 Å².